The van der Waals surface area contributed by atoms with Crippen molar-refractivity contribution in [3.05, 3.63) is 64.2 Å². The van der Waals surface area contributed by atoms with Crippen LogP contribution >= 0.6 is 0 Å². The molecule has 0 saturated carbocycles. The highest BCUT2D eigenvalue weighted by Crippen LogP contribution is 2.28. The molecule has 0 aliphatic heterocycles. The van der Waals surface area contributed by atoms with Crippen LogP contribution < -0.4 is 10.5 Å². The lowest BCUT2D eigenvalue weighted by Crippen LogP contribution is -2.03. The molecule has 0 aliphatic rings. The number of nitrogens with two attached hydrogens (primary N) is 1. The summed E-state index contributed by atoms with van der Waals surface area (Å²) >= 11 is 0. The number of rotatable bonds is 5. The molecule has 0 radical (unpaired) electrons. The van der Waals surface area contributed by atoms with E-state index in [-0.39, 0.29) is 0 Å². The molecule has 0 amide bonds. The minimum atomic E-state index is 0.460. The van der Waals surface area contributed by atoms with Crippen LogP contribution in [0.4, 0.5) is 0 Å². The van der Waals surface area contributed by atoms with Crippen LogP contribution in [0.15, 0.2) is 36.4 Å². The zero-order valence-electron chi connectivity index (χ0n) is 13.4. The van der Waals surface area contributed by atoms with Crippen molar-refractivity contribution in [2.45, 2.75) is 46.8 Å². The third-order valence-corrected chi connectivity index (χ3v) is 3.82. The summed E-state index contributed by atoms with van der Waals surface area (Å²) in [5.41, 5.74) is 11.8. The summed E-state index contributed by atoms with van der Waals surface area (Å²) in [5, 5.41) is 0. The quantitative estimate of drug-likeness (QED) is 0.879. The molecule has 2 rings (SSSR count). The van der Waals surface area contributed by atoms with Crippen LogP contribution in [0.25, 0.3) is 0 Å². The SMILES string of the molecule is Cc1ccc(C(C)C)c(OCc2ccc(CN)cc2C)c1. The molecule has 0 atom stereocenters. The molecule has 0 fully saturated rings. The van der Waals surface area contributed by atoms with Gasteiger partial charge in [0.15, 0.2) is 0 Å². The van der Waals surface area contributed by atoms with Crippen molar-refractivity contribution in [2.75, 3.05) is 0 Å². The van der Waals surface area contributed by atoms with Gasteiger partial charge < -0.3 is 10.5 Å². The Balaban J connectivity index is 2.18. The largest absolute Gasteiger partial charge is 0.489 e. The lowest BCUT2D eigenvalue weighted by molar-refractivity contribution is 0.301. The normalized spacial score (nSPS) is 11.0. The Labute approximate surface area is 127 Å². The van der Waals surface area contributed by atoms with Gasteiger partial charge in [0.2, 0.25) is 0 Å². The van der Waals surface area contributed by atoms with Crippen LogP contribution in [0.5, 0.6) is 5.75 Å². The summed E-state index contributed by atoms with van der Waals surface area (Å²) in [6.45, 7) is 9.77. The molecule has 21 heavy (non-hydrogen) atoms. The first-order valence-corrected chi connectivity index (χ1v) is 7.53. The van der Waals surface area contributed by atoms with Gasteiger partial charge >= 0.3 is 0 Å². The van der Waals surface area contributed by atoms with Gasteiger partial charge in [0.25, 0.3) is 0 Å². The molecule has 0 unspecified atom stereocenters. The maximum Gasteiger partial charge on any atom is 0.123 e. The molecule has 2 N–H and O–H groups in total. The van der Waals surface area contributed by atoms with E-state index in [0.29, 0.717) is 19.1 Å². The van der Waals surface area contributed by atoms with Gasteiger partial charge in [0.05, 0.1) is 0 Å². The van der Waals surface area contributed by atoms with E-state index in [0.717, 1.165) is 11.3 Å². The molecule has 2 aromatic rings. The number of hydrogen-bond donors (Lipinski definition) is 1. The van der Waals surface area contributed by atoms with Gasteiger partial charge in [-0.1, -0.05) is 44.2 Å². The summed E-state index contributed by atoms with van der Waals surface area (Å²) in [6.07, 6.45) is 0. The Morgan fingerprint density at radius 3 is 2.43 bits per heavy atom. The van der Waals surface area contributed by atoms with Crippen LogP contribution in [0, 0.1) is 13.8 Å². The first kappa shape index (κ1) is 15.6. The van der Waals surface area contributed by atoms with Gasteiger partial charge in [-0.05, 0) is 53.6 Å². The fourth-order valence-electron chi connectivity index (χ4n) is 2.45. The monoisotopic (exact) mass is 283 g/mol. The van der Waals surface area contributed by atoms with Crippen molar-refractivity contribution in [2.24, 2.45) is 5.73 Å². The van der Waals surface area contributed by atoms with Gasteiger partial charge in [-0.15, -0.1) is 0 Å². The van der Waals surface area contributed by atoms with Crippen molar-refractivity contribution in [1.82, 2.24) is 0 Å². The first-order chi connectivity index (χ1) is 10.0. The Morgan fingerprint density at radius 1 is 1.05 bits per heavy atom. The van der Waals surface area contributed by atoms with Crippen LogP contribution in [-0.2, 0) is 13.2 Å². The van der Waals surface area contributed by atoms with Crippen molar-refractivity contribution in [3.63, 3.8) is 0 Å². The van der Waals surface area contributed by atoms with Crippen LogP contribution in [0.2, 0.25) is 0 Å². The van der Waals surface area contributed by atoms with E-state index in [1.54, 1.807) is 0 Å². The van der Waals surface area contributed by atoms with E-state index in [4.69, 9.17) is 10.5 Å². The minimum Gasteiger partial charge on any atom is -0.489 e. The van der Waals surface area contributed by atoms with Gasteiger partial charge in [-0.25, -0.2) is 0 Å². The zero-order chi connectivity index (χ0) is 15.4. The molecule has 0 aliphatic carbocycles. The minimum absolute atomic E-state index is 0.460. The molecule has 2 aromatic carbocycles. The second-order valence-corrected chi connectivity index (χ2v) is 5.95. The topological polar surface area (TPSA) is 35.2 Å². The van der Waals surface area contributed by atoms with Crippen molar-refractivity contribution in [1.29, 1.82) is 0 Å². The van der Waals surface area contributed by atoms with Crippen LogP contribution in [0.1, 0.15) is 47.6 Å². The van der Waals surface area contributed by atoms with E-state index in [9.17, 15) is 0 Å². The molecule has 0 spiro atoms. The predicted molar refractivity (Wildman–Crippen MR) is 88.7 cm³/mol. The molecule has 2 heteroatoms. The predicted octanol–water partition coefficient (Wildman–Crippen LogP) is 4.46. The molecular formula is C19H25NO. The number of benzene rings is 2. The third-order valence-electron chi connectivity index (χ3n) is 3.82. The highest BCUT2D eigenvalue weighted by Gasteiger charge is 2.09. The van der Waals surface area contributed by atoms with E-state index < -0.39 is 0 Å². The second kappa shape index (κ2) is 6.77. The summed E-state index contributed by atoms with van der Waals surface area (Å²) < 4.78 is 6.09. The lowest BCUT2D eigenvalue weighted by Gasteiger charge is -2.16. The number of ether oxygens (including phenoxy) is 1. The maximum atomic E-state index is 6.09. The summed E-state index contributed by atoms with van der Waals surface area (Å²) in [4.78, 5) is 0. The van der Waals surface area contributed by atoms with Crippen molar-refractivity contribution < 1.29 is 4.74 Å². The van der Waals surface area contributed by atoms with E-state index in [1.165, 1.54) is 22.3 Å². The van der Waals surface area contributed by atoms with Crippen LogP contribution in [0.3, 0.4) is 0 Å². The summed E-state index contributed by atoms with van der Waals surface area (Å²) in [7, 11) is 0. The lowest BCUT2D eigenvalue weighted by atomic mass is 10.0. The number of aryl methyl sites for hydroxylation is 2. The third kappa shape index (κ3) is 3.85. The van der Waals surface area contributed by atoms with E-state index >= 15 is 0 Å². The highest BCUT2D eigenvalue weighted by atomic mass is 16.5. The summed E-state index contributed by atoms with van der Waals surface area (Å²) in [6, 6.07) is 12.8. The van der Waals surface area contributed by atoms with Crippen LogP contribution in [-0.4, -0.2) is 0 Å². The molecule has 0 heterocycles. The van der Waals surface area contributed by atoms with Gasteiger partial charge in [-0.2, -0.15) is 0 Å². The van der Waals surface area contributed by atoms with Gasteiger partial charge in [0, 0.05) is 6.54 Å². The van der Waals surface area contributed by atoms with E-state index in [1.807, 2.05) is 0 Å². The van der Waals surface area contributed by atoms with Crippen molar-refractivity contribution >= 4 is 0 Å². The second-order valence-electron chi connectivity index (χ2n) is 5.95. The Morgan fingerprint density at radius 2 is 1.81 bits per heavy atom. The Hall–Kier alpha value is -1.80. The molecule has 2 nitrogen and oxygen atoms in total. The Kier molecular flexibility index (Phi) is 5.03. The first-order valence-electron chi connectivity index (χ1n) is 7.53. The van der Waals surface area contributed by atoms with Gasteiger partial charge in [-0.3, -0.25) is 0 Å². The molecule has 0 bridgehead atoms. The van der Waals surface area contributed by atoms with Gasteiger partial charge in [0.1, 0.15) is 12.4 Å². The summed E-state index contributed by atoms with van der Waals surface area (Å²) in [5.74, 6) is 1.45. The zero-order valence-corrected chi connectivity index (χ0v) is 13.4. The molecular weight excluding hydrogens is 258 g/mol. The fourth-order valence-corrected chi connectivity index (χ4v) is 2.45. The molecule has 112 valence electrons. The average molecular weight is 283 g/mol. The highest BCUT2D eigenvalue weighted by molar-refractivity contribution is 5.39. The smallest absolute Gasteiger partial charge is 0.123 e. The number of hydrogen-bond acceptors (Lipinski definition) is 2. The maximum absolute atomic E-state index is 6.09. The standard InChI is InChI=1S/C19H25NO/c1-13(2)18-8-5-14(3)9-19(18)21-12-17-7-6-16(11-20)10-15(17)4/h5-10,13H,11-12,20H2,1-4H3. The van der Waals surface area contributed by atoms with E-state index in [2.05, 4.69) is 64.1 Å². The Bertz CT molecular complexity index is 617. The van der Waals surface area contributed by atoms with Crippen molar-refractivity contribution in [3.8, 4) is 5.75 Å². The average Bonchev–Trinajstić information content (AvgIpc) is 2.45. The molecule has 0 aromatic heterocycles. The fraction of sp³-hybridized carbons (Fsp3) is 0.368. The molecule has 0 saturated heterocycles.